The summed E-state index contributed by atoms with van der Waals surface area (Å²) < 4.78 is 5.18. The normalized spacial score (nSPS) is 15.2. The first-order valence-electron chi connectivity index (χ1n) is 4.63. The Labute approximate surface area is 75.9 Å². The Hall–Kier alpha value is -0.0800. The van der Waals surface area contributed by atoms with Crippen LogP contribution in [0, 0.1) is 5.92 Å². The highest BCUT2D eigenvalue weighted by Crippen LogP contribution is 2.19. The van der Waals surface area contributed by atoms with E-state index in [9.17, 15) is 5.11 Å². The number of hydrogen-bond acceptors (Lipinski definition) is 2. The van der Waals surface area contributed by atoms with E-state index < -0.39 is 5.60 Å². The van der Waals surface area contributed by atoms with E-state index in [1.807, 2.05) is 13.8 Å². The van der Waals surface area contributed by atoms with Crippen LogP contribution in [0.4, 0.5) is 0 Å². The molecule has 74 valence electrons. The number of methoxy groups -OCH3 is 1. The van der Waals surface area contributed by atoms with Crippen molar-refractivity contribution in [3.8, 4) is 0 Å². The summed E-state index contributed by atoms with van der Waals surface area (Å²) in [6.07, 6.45) is 1.51. The molecule has 0 bridgehead atoms. The minimum absolute atomic E-state index is 0.357. The van der Waals surface area contributed by atoms with Gasteiger partial charge in [0.1, 0.15) is 0 Å². The predicted octanol–water partition coefficient (Wildman–Crippen LogP) is 2.21. The van der Waals surface area contributed by atoms with Crippen molar-refractivity contribution >= 4 is 0 Å². The SMILES string of the molecule is COC(C)(C)C(O)CCC(C)C. The summed E-state index contributed by atoms with van der Waals surface area (Å²) in [6.45, 7) is 8.15. The number of aliphatic hydroxyl groups excluding tert-OH is 1. The Kier molecular flexibility index (Phi) is 4.80. The lowest BCUT2D eigenvalue weighted by Gasteiger charge is -2.29. The fourth-order valence-corrected chi connectivity index (χ4v) is 0.975. The van der Waals surface area contributed by atoms with Crippen molar-refractivity contribution in [1.29, 1.82) is 0 Å². The molecule has 0 fully saturated rings. The highest BCUT2D eigenvalue weighted by atomic mass is 16.5. The lowest BCUT2D eigenvalue weighted by atomic mass is 9.94. The van der Waals surface area contributed by atoms with Crippen LogP contribution in [0.1, 0.15) is 40.5 Å². The second kappa shape index (κ2) is 4.83. The molecule has 2 nitrogen and oxygen atoms in total. The van der Waals surface area contributed by atoms with Gasteiger partial charge in [0.2, 0.25) is 0 Å². The number of rotatable bonds is 5. The quantitative estimate of drug-likeness (QED) is 0.692. The van der Waals surface area contributed by atoms with Gasteiger partial charge in [0.15, 0.2) is 0 Å². The molecule has 1 atom stereocenters. The monoisotopic (exact) mass is 174 g/mol. The summed E-state index contributed by atoms with van der Waals surface area (Å²) in [7, 11) is 1.64. The van der Waals surface area contributed by atoms with Crippen molar-refractivity contribution in [1.82, 2.24) is 0 Å². The first-order chi connectivity index (χ1) is 5.40. The van der Waals surface area contributed by atoms with E-state index >= 15 is 0 Å². The van der Waals surface area contributed by atoms with Crippen molar-refractivity contribution in [2.75, 3.05) is 7.11 Å². The van der Waals surface area contributed by atoms with Crippen molar-refractivity contribution in [2.24, 2.45) is 5.92 Å². The Morgan fingerprint density at radius 2 is 1.75 bits per heavy atom. The molecule has 0 heterocycles. The van der Waals surface area contributed by atoms with Gasteiger partial charge in [-0.15, -0.1) is 0 Å². The molecule has 0 aromatic heterocycles. The van der Waals surface area contributed by atoms with E-state index in [1.165, 1.54) is 0 Å². The number of ether oxygens (including phenoxy) is 1. The van der Waals surface area contributed by atoms with Crippen molar-refractivity contribution in [2.45, 2.75) is 52.2 Å². The molecule has 1 N–H and O–H groups in total. The lowest BCUT2D eigenvalue weighted by molar-refractivity contribution is -0.0814. The molecule has 0 saturated carbocycles. The van der Waals surface area contributed by atoms with Gasteiger partial charge in [-0.25, -0.2) is 0 Å². The van der Waals surface area contributed by atoms with Gasteiger partial charge in [-0.05, 0) is 32.6 Å². The zero-order valence-corrected chi connectivity index (χ0v) is 8.92. The van der Waals surface area contributed by atoms with Crippen LogP contribution in [0.3, 0.4) is 0 Å². The fourth-order valence-electron chi connectivity index (χ4n) is 0.975. The van der Waals surface area contributed by atoms with Crippen LogP contribution in [0.25, 0.3) is 0 Å². The van der Waals surface area contributed by atoms with Gasteiger partial charge in [-0.2, -0.15) is 0 Å². The molecule has 0 aliphatic rings. The number of aliphatic hydroxyl groups is 1. The Morgan fingerprint density at radius 1 is 1.25 bits per heavy atom. The second-order valence-electron chi connectivity index (χ2n) is 4.29. The van der Waals surface area contributed by atoms with Crippen LogP contribution in [0.15, 0.2) is 0 Å². The minimum Gasteiger partial charge on any atom is -0.390 e. The lowest BCUT2D eigenvalue weighted by Crippen LogP contribution is -2.38. The first-order valence-corrected chi connectivity index (χ1v) is 4.63. The standard InChI is InChI=1S/C10H22O2/c1-8(2)6-7-9(11)10(3,4)12-5/h8-9,11H,6-7H2,1-5H3. The molecule has 2 heteroatoms. The van der Waals surface area contributed by atoms with Gasteiger partial charge in [-0.3, -0.25) is 0 Å². The Bertz CT molecular complexity index is 119. The third-order valence-corrected chi connectivity index (χ3v) is 2.35. The maximum Gasteiger partial charge on any atom is 0.0880 e. The predicted molar refractivity (Wildman–Crippen MR) is 51.2 cm³/mol. The summed E-state index contributed by atoms with van der Waals surface area (Å²) in [5.74, 6) is 0.646. The zero-order valence-electron chi connectivity index (χ0n) is 8.92. The summed E-state index contributed by atoms with van der Waals surface area (Å²) in [6, 6.07) is 0. The maximum absolute atomic E-state index is 9.70. The van der Waals surface area contributed by atoms with Gasteiger partial charge in [0.05, 0.1) is 11.7 Å². The number of hydrogen-bond donors (Lipinski definition) is 1. The molecule has 0 spiro atoms. The van der Waals surface area contributed by atoms with Gasteiger partial charge in [0.25, 0.3) is 0 Å². The van der Waals surface area contributed by atoms with Gasteiger partial charge >= 0.3 is 0 Å². The molecule has 0 aliphatic carbocycles. The Morgan fingerprint density at radius 3 is 2.08 bits per heavy atom. The van der Waals surface area contributed by atoms with E-state index in [1.54, 1.807) is 7.11 Å². The molecule has 0 aromatic rings. The molecule has 0 aromatic carbocycles. The fraction of sp³-hybridized carbons (Fsp3) is 1.00. The summed E-state index contributed by atoms with van der Waals surface area (Å²) >= 11 is 0. The van der Waals surface area contributed by atoms with Crippen LogP contribution in [0.2, 0.25) is 0 Å². The van der Waals surface area contributed by atoms with Crippen molar-refractivity contribution in [3.63, 3.8) is 0 Å². The molecule has 1 unspecified atom stereocenters. The zero-order chi connectivity index (χ0) is 9.78. The minimum atomic E-state index is -0.408. The molecule has 0 rings (SSSR count). The van der Waals surface area contributed by atoms with Crippen LogP contribution in [-0.4, -0.2) is 23.9 Å². The molecule has 0 amide bonds. The van der Waals surface area contributed by atoms with Crippen molar-refractivity contribution in [3.05, 3.63) is 0 Å². The summed E-state index contributed by atoms with van der Waals surface area (Å²) in [4.78, 5) is 0. The van der Waals surface area contributed by atoms with E-state index in [0.717, 1.165) is 12.8 Å². The molecular weight excluding hydrogens is 152 g/mol. The summed E-state index contributed by atoms with van der Waals surface area (Å²) in [5.41, 5.74) is -0.408. The first kappa shape index (κ1) is 11.9. The summed E-state index contributed by atoms with van der Waals surface area (Å²) in [5, 5.41) is 9.70. The van der Waals surface area contributed by atoms with E-state index in [2.05, 4.69) is 13.8 Å². The van der Waals surface area contributed by atoms with E-state index in [4.69, 9.17) is 4.74 Å². The largest absolute Gasteiger partial charge is 0.390 e. The van der Waals surface area contributed by atoms with Crippen LogP contribution in [-0.2, 0) is 4.74 Å². The molecule has 12 heavy (non-hydrogen) atoms. The van der Waals surface area contributed by atoms with Gasteiger partial charge in [-0.1, -0.05) is 13.8 Å². The average Bonchev–Trinajstić information content (AvgIpc) is 2.00. The van der Waals surface area contributed by atoms with Gasteiger partial charge in [0, 0.05) is 7.11 Å². The Balaban J connectivity index is 3.78. The smallest absolute Gasteiger partial charge is 0.0880 e. The second-order valence-corrected chi connectivity index (χ2v) is 4.29. The van der Waals surface area contributed by atoms with E-state index in [-0.39, 0.29) is 6.10 Å². The van der Waals surface area contributed by atoms with Crippen molar-refractivity contribution < 1.29 is 9.84 Å². The third kappa shape index (κ3) is 4.07. The molecule has 0 aliphatic heterocycles. The highest BCUT2D eigenvalue weighted by Gasteiger charge is 2.26. The van der Waals surface area contributed by atoms with E-state index in [0.29, 0.717) is 5.92 Å². The maximum atomic E-state index is 9.70. The van der Waals surface area contributed by atoms with Crippen LogP contribution in [0.5, 0.6) is 0 Å². The van der Waals surface area contributed by atoms with Crippen LogP contribution >= 0.6 is 0 Å². The third-order valence-electron chi connectivity index (χ3n) is 2.35. The molecule has 0 saturated heterocycles. The topological polar surface area (TPSA) is 29.5 Å². The average molecular weight is 174 g/mol. The van der Waals surface area contributed by atoms with Crippen LogP contribution < -0.4 is 0 Å². The molecule has 0 radical (unpaired) electrons. The highest BCUT2D eigenvalue weighted by molar-refractivity contribution is 4.78. The molecular formula is C10H22O2. The van der Waals surface area contributed by atoms with Gasteiger partial charge < -0.3 is 9.84 Å².